The van der Waals surface area contributed by atoms with Crippen LogP contribution in [0.5, 0.6) is 0 Å². The van der Waals surface area contributed by atoms with E-state index in [-0.39, 0.29) is 5.91 Å². The summed E-state index contributed by atoms with van der Waals surface area (Å²) in [6.45, 7) is 8.18. The summed E-state index contributed by atoms with van der Waals surface area (Å²) in [5, 5.41) is 7.68. The zero-order valence-corrected chi connectivity index (χ0v) is 16.4. The van der Waals surface area contributed by atoms with E-state index < -0.39 is 0 Å². The maximum atomic E-state index is 12.8. The topological polar surface area (TPSA) is 75.4 Å². The molecule has 0 bridgehead atoms. The van der Waals surface area contributed by atoms with E-state index in [0.717, 1.165) is 55.0 Å². The Hall–Kier alpha value is -2.02. The van der Waals surface area contributed by atoms with Crippen molar-refractivity contribution in [2.45, 2.75) is 52.4 Å². The second-order valence-electron chi connectivity index (χ2n) is 8.04. The van der Waals surface area contributed by atoms with E-state index in [4.69, 9.17) is 0 Å². The summed E-state index contributed by atoms with van der Waals surface area (Å²) in [6.07, 6.45) is 7.72. The Balaban J connectivity index is 1.32. The van der Waals surface area contributed by atoms with Gasteiger partial charge in [0.2, 0.25) is 5.91 Å². The number of carbonyl (C=O) groups is 1. The van der Waals surface area contributed by atoms with Crippen molar-refractivity contribution in [2.24, 2.45) is 11.8 Å². The van der Waals surface area contributed by atoms with Gasteiger partial charge in [-0.2, -0.15) is 10.1 Å². The fourth-order valence-corrected chi connectivity index (χ4v) is 4.84. The number of aryl methyl sites for hydroxylation is 2. The van der Waals surface area contributed by atoms with Gasteiger partial charge in [0.15, 0.2) is 0 Å². The van der Waals surface area contributed by atoms with Crippen LogP contribution in [0, 0.1) is 25.7 Å². The fraction of sp³-hybridized carbons (Fsp3) is 0.700. The summed E-state index contributed by atoms with van der Waals surface area (Å²) in [4.78, 5) is 23.5. The second kappa shape index (κ2) is 7.92. The summed E-state index contributed by atoms with van der Waals surface area (Å²) in [6, 6.07) is 0. The lowest BCUT2D eigenvalue weighted by atomic mass is 9.79. The predicted octanol–water partition coefficient (Wildman–Crippen LogP) is 1.91. The van der Waals surface area contributed by atoms with Gasteiger partial charge in [-0.15, -0.1) is 0 Å². The molecule has 0 aromatic carbocycles. The number of hydrogen-bond donors (Lipinski definition) is 1. The van der Waals surface area contributed by atoms with E-state index in [2.05, 4.69) is 25.3 Å². The Morgan fingerprint density at radius 3 is 2.59 bits per heavy atom. The molecule has 0 unspecified atom stereocenters. The van der Waals surface area contributed by atoms with Crippen LogP contribution in [0.1, 0.15) is 49.1 Å². The van der Waals surface area contributed by atoms with Gasteiger partial charge in [-0.05, 0) is 76.4 Å². The minimum Gasteiger partial charge on any atom is -0.343 e. The summed E-state index contributed by atoms with van der Waals surface area (Å²) < 4.78 is 1.76. The van der Waals surface area contributed by atoms with Gasteiger partial charge in [-0.25, -0.2) is 9.50 Å². The van der Waals surface area contributed by atoms with Gasteiger partial charge in [0.05, 0.1) is 0 Å². The van der Waals surface area contributed by atoms with Crippen molar-refractivity contribution in [1.29, 1.82) is 0 Å². The molecule has 2 aliphatic heterocycles. The molecule has 146 valence electrons. The number of likely N-dealkylation sites (tertiary alicyclic amines) is 1. The third-order valence-corrected chi connectivity index (χ3v) is 6.52. The Kier molecular flexibility index (Phi) is 5.38. The molecule has 7 nitrogen and oxygen atoms in total. The number of aromatic nitrogens is 4. The average molecular weight is 371 g/mol. The third-order valence-electron chi connectivity index (χ3n) is 6.52. The van der Waals surface area contributed by atoms with E-state index >= 15 is 0 Å². The maximum absolute atomic E-state index is 12.8. The van der Waals surface area contributed by atoms with Gasteiger partial charge in [-0.1, -0.05) is 0 Å². The molecule has 2 saturated heterocycles. The van der Waals surface area contributed by atoms with E-state index in [1.54, 1.807) is 4.52 Å². The molecule has 1 amide bonds. The number of piperidine rings is 2. The van der Waals surface area contributed by atoms with Crippen LogP contribution < -0.4 is 5.32 Å². The molecule has 7 heteroatoms. The fourth-order valence-electron chi connectivity index (χ4n) is 4.84. The molecular weight excluding hydrogens is 340 g/mol. The molecule has 27 heavy (non-hydrogen) atoms. The quantitative estimate of drug-likeness (QED) is 0.890. The predicted molar refractivity (Wildman–Crippen MR) is 103 cm³/mol. The van der Waals surface area contributed by atoms with Crippen molar-refractivity contribution in [2.75, 3.05) is 26.2 Å². The van der Waals surface area contributed by atoms with Crippen LogP contribution in [0.25, 0.3) is 5.78 Å². The molecule has 1 N–H and O–H groups in total. The number of nitrogens with zero attached hydrogens (tertiary/aromatic N) is 5. The first-order valence-corrected chi connectivity index (χ1v) is 10.3. The van der Waals surface area contributed by atoms with Crippen LogP contribution in [0.2, 0.25) is 0 Å². The molecule has 4 heterocycles. The van der Waals surface area contributed by atoms with Crippen LogP contribution in [-0.2, 0) is 11.2 Å². The summed E-state index contributed by atoms with van der Waals surface area (Å²) in [5.74, 6) is 2.56. The van der Waals surface area contributed by atoms with Gasteiger partial charge in [0, 0.05) is 30.9 Å². The zero-order valence-electron chi connectivity index (χ0n) is 16.4. The summed E-state index contributed by atoms with van der Waals surface area (Å²) in [5.41, 5.74) is 3.10. The monoisotopic (exact) mass is 370 g/mol. The van der Waals surface area contributed by atoms with Gasteiger partial charge < -0.3 is 10.2 Å². The highest BCUT2D eigenvalue weighted by molar-refractivity contribution is 5.76. The molecule has 2 aromatic rings. The number of rotatable bonds is 4. The normalized spacial score (nSPS) is 19.7. The lowest BCUT2D eigenvalue weighted by molar-refractivity contribution is -0.132. The minimum atomic E-state index is 0.274. The molecule has 0 atom stereocenters. The number of amides is 1. The van der Waals surface area contributed by atoms with Crippen molar-refractivity contribution in [3.05, 3.63) is 23.3 Å². The molecule has 2 aliphatic rings. The number of carbonyl (C=O) groups excluding carboxylic acids is 1. The Morgan fingerprint density at radius 2 is 1.85 bits per heavy atom. The first kappa shape index (κ1) is 18.3. The first-order valence-electron chi connectivity index (χ1n) is 10.3. The van der Waals surface area contributed by atoms with E-state index in [1.807, 2.05) is 13.8 Å². The average Bonchev–Trinajstić information content (AvgIpc) is 3.17. The molecule has 2 aromatic heterocycles. The highest BCUT2D eigenvalue weighted by atomic mass is 16.2. The third kappa shape index (κ3) is 3.83. The van der Waals surface area contributed by atoms with Crippen molar-refractivity contribution in [3.63, 3.8) is 0 Å². The van der Waals surface area contributed by atoms with Gasteiger partial charge in [-0.3, -0.25) is 4.79 Å². The Morgan fingerprint density at radius 1 is 1.15 bits per heavy atom. The number of nitrogens with one attached hydrogen (secondary N) is 1. The minimum absolute atomic E-state index is 0.274. The molecule has 0 spiro atoms. The highest BCUT2D eigenvalue weighted by Gasteiger charge is 2.29. The summed E-state index contributed by atoms with van der Waals surface area (Å²) >= 11 is 0. The number of hydrogen-bond acceptors (Lipinski definition) is 5. The van der Waals surface area contributed by atoms with E-state index in [1.165, 1.54) is 32.0 Å². The van der Waals surface area contributed by atoms with Crippen LogP contribution in [-0.4, -0.2) is 56.6 Å². The van der Waals surface area contributed by atoms with Gasteiger partial charge in [0.1, 0.15) is 6.33 Å². The Labute approximate surface area is 160 Å². The molecule has 2 fully saturated rings. The summed E-state index contributed by atoms with van der Waals surface area (Å²) in [7, 11) is 0. The highest BCUT2D eigenvalue weighted by Crippen LogP contribution is 2.31. The largest absolute Gasteiger partial charge is 0.343 e. The van der Waals surface area contributed by atoms with E-state index in [0.29, 0.717) is 18.6 Å². The second-order valence-corrected chi connectivity index (χ2v) is 8.04. The van der Waals surface area contributed by atoms with Gasteiger partial charge >= 0.3 is 0 Å². The number of fused-ring (bicyclic) bond motifs is 1. The smallest absolute Gasteiger partial charge is 0.252 e. The molecule has 0 radical (unpaired) electrons. The zero-order chi connectivity index (χ0) is 18.8. The van der Waals surface area contributed by atoms with Crippen molar-refractivity contribution >= 4 is 11.7 Å². The van der Waals surface area contributed by atoms with Crippen LogP contribution >= 0.6 is 0 Å². The standard InChI is InChI=1S/C20H30N6O/c1-14-18(15(2)26-20(24-14)22-13-23-26)3-4-19(27)25-11-7-17(8-12-25)16-5-9-21-10-6-16/h13,16-17,21H,3-12H2,1-2H3. The van der Waals surface area contributed by atoms with Gasteiger partial charge in [0.25, 0.3) is 5.78 Å². The lowest BCUT2D eigenvalue weighted by Crippen LogP contribution is -2.42. The molecule has 4 rings (SSSR count). The van der Waals surface area contributed by atoms with Crippen molar-refractivity contribution < 1.29 is 4.79 Å². The molecule has 0 aliphatic carbocycles. The maximum Gasteiger partial charge on any atom is 0.252 e. The van der Waals surface area contributed by atoms with E-state index in [9.17, 15) is 4.79 Å². The first-order chi connectivity index (χ1) is 13.1. The Bertz CT molecular complexity index is 802. The SMILES string of the molecule is Cc1nc2ncnn2c(C)c1CCC(=O)N1CCC(C2CCNCC2)CC1. The molecular formula is C20H30N6O. The molecule has 0 saturated carbocycles. The van der Waals surface area contributed by atoms with Crippen LogP contribution in [0.3, 0.4) is 0 Å². The van der Waals surface area contributed by atoms with Crippen molar-refractivity contribution in [3.8, 4) is 0 Å². The van der Waals surface area contributed by atoms with Crippen LogP contribution in [0.4, 0.5) is 0 Å². The van der Waals surface area contributed by atoms with Crippen molar-refractivity contribution in [1.82, 2.24) is 29.8 Å². The van der Waals surface area contributed by atoms with Crippen LogP contribution in [0.15, 0.2) is 6.33 Å². The lowest BCUT2D eigenvalue weighted by Gasteiger charge is -2.38.